The van der Waals surface area contributed by atoms with Crippen LogP contribution in [0.3, 0.4) is 0 Å². The molecule has 1 fully saturated rings. The Kier molecular flexibility index (Phi) is 5.60. The SMILES string of the molecule is CCCNCC1CCN(CCc2csc(C)n2)C1. The molecule has 4 heteroatoms. The molecule has 0 spiro atoms. The van der Waals surface area contributed by atoms with E-state index in [0.29, 0.717) is 0 Å². The van der Waals surface area contributed by atoms with E-state index >= 15 is 0 Å². The number of rotatable bonds is 7. The fourth-order valence-electron chi connectivity index (χ4n) is 2.56. The first-order valence-electron chi connectivity index (χ1n) is 7.12. The molecule has 18 heavy (non-hydrogen) atoms. The maximum absolute atomic E-state index is 4.53. The highest BCUT2D eigenvalue weighted by molar-refractivity contribution is 7.09. The van der Waals surface area contributed by atoms with Crippen molar-refractivity contribution in [3.05, 3.63) is 16.1 Å². The molecule has 0 aliphatic carbocycles. The monoisotopic (exact) mass is 267 g/mol. The number of nitrogens with one attached hydrogen (secondary N) is 1. The van der Waals surface area contributed by atoms with Gasteiger partial charge in [-0.1, -0.05) is 6.92 Å². The molecule has 0 aromatic carbocycles. The van der Waals surface area contributed by atoms with E-state index in [1.54, 1.807) is 11.3 Å². The van der Waals surface area contributed by atoms with Crippen LogP contribution in [0.1, 0.15) is 30.5 Å². The van der Waals surface area contributed by atoms with Gasteiger partial charge < -0.3 is 10.2 Å². The van der Waals surface area contributed by atoms with Crippen LogP contribution in [-0.2, 0) is 6.42 Å². The lowest BCUT2D eigenvalue weighted by atomic mass is 10.1. The second kappa shape index (κ2) is 7.22. The lowest BCUT2D eigenvalue weighted by molar-refractivity contribution is 0.325. The van der Waals surface area contributed by atoms with Crippen LogP contribution in [-0.4, -0.2) is 42.6 Å². The molecule has 0 radical (unpaired) electrons. The maximum atomic E-state index is 4.53. The van der Waals surface area contributed by atoms with Gasteiger partial charge in [0.2, 0.25) is 0 Å². The van der Waals surface area contributed by atoms with Gasteiger partial charge in [0.15, 0.2) is 0 Å². The fraction of sp³-hybridized carbons (Fsp3) is 0.786. The number of hydrogen-bond acceptors (Lipinski definition) is 4. The molecule has 1 aromatic heterocycles. The highest BCUT2D eigenvalue weighted by Gasteiger charge is 2.21. The molecule has 3 nitrogen and oxygen atoms in total. The van der Waals surface area contributed by atoms with Crippen LogP contribution in [0.2, 0.25) is 0 Å². The topological polar surface area (TPSA) is 28.2 Å². The zero-order valence-electron chi connectivity index (χ0n) is 11.6. The van der Waals surface area contributed by atoms with Crippen molar-refractivity contribution in [2.24, 2.45) is 5.92 Å². The molecule has 1 aliphatic heterocycles. The Balaban J connectivity index is 1.63. The molecule has 1 saturated heterocycles. The minimum Gasteiger partial charge on any atom is -0.316 e. The second-order valence-electron chi connectivity index (χ2n) is 5.27. The summed E-state index contributed by atoms with van der Waals surface area (Å²) in [5, 5.41) is 6.93. The highest BCUT2D eigenvalue weighted by Crippen LogP contribution is 2.16. The van der Waals surface area contributed by atoms with Gasteiger partial charge in [0.05, 0.1) is 10.7 Å². The third kappa shape index (κ3) is 4.34. The lowest BCUT2D eigenvalue weighted by Gasteiger charge is -2.15. The summed E-state index contributed by atoms with van der Waals surface area (Å²) in [7, 11) is 0. The van der Waals surface area contributed by atoms with Crippen LogP contribution < -0.4 is 5.32 Å². The summed E-state index contributed by atoms with van der Waals surface area (Å²) in [6, 6.07) is 0. The molecule has 1 unspecified atom stereocenters. The molecule has 102 valence electrons. The molecule has 2 heterocycles. The Labute approximate surface area is 115 Å². The molecule has 0 amide bonds. The van der Waals surface area contributed by atoms with Gasteiger partial charge in [-0.3, -0.25) is 0 Å². The molecule has 1 N–H and O–H groups in total. The lowest BCUT2D eigenvalue weighted by Crippen LogP contribution is -2.28. The Morgan fingerprint density at radius 1 is 1.56 bits per heavy atom. The van der Waals surface area contributed by atoms with Gasteiger partial charge in [0.1, 0.15) is 0 Å². The first-order chi connectivity index (χ1) is 8.78. The van der Waals surface area contributed by atoms with Crippen molar-refractivity contribution in [1.82, 2.24) is 15.2 Å². The summed E-state index contributed by atoms with van der Waals surface area (Å²) in [5.41, 5.74) is 1.27. The van der Waals surface area contributed by atoms with Crippen LogP contribution in [0.15, 0.2) is 5.38 Å². The van der Waals surface area contributed by atoms with Crippen LogP contribution >= 0.6 is 11.3 Å². The number of thiazole rings is 1. The van der Waals surface area contributed by atoms with Crippen LogP contribution in [0.5, 0.6) is 0 Å². The predicted molar refractivity (Wildman–Crippen MR) is 78.3 cm³/mol. The summed E-state index contributed by atoms with van der Waals surface area (Å²) in [6.07, 6.45) is 3.70. The van der Waals surface area contributed by atoms with Crippen molar-refractivity contribution in [2.75, 3.05) is 32.7 Å². The average molecular weight is 267 g/mol. The van der Waals surface area contributed by atoms with Crippen LogP contribution in [0.25, 0.3) is 0 Å². The number of hydrogen-bond donors (Lipinski definition) is 1. The Bertz CT molecular complexity index is 351. The van der Waals surface area contributed by atoms with Crippen molar-refractivity contribution < 1.29 is 0 Å². The van der Waals surface area contributed by atoms with E-state index in [-0.39, 0.29) is 0 Å². The zero-order valence-corrected chi connectivity index (χ0v) is 12.4. The quantitative estimate of drug-likeness (QED) is 0.769. The van der Waals surface area contributed by atoms with Gasteiger partial charge in [-0.25, -0.2) is 4.98 Å². The van der Waals surface area contributed by atoms with E-state index < -0.39 is 0 Å². The molecule has 1 aliphatic rings. The minimum absolute atomic E-state index is 0.855. The number of nitrogens with zero attached hydrogens (tertiary/aromatic N) is 2. The van der Waals surface area contributed by atoms with E-state index in [4.69, 9.17) is 0 Å². The van der Waals surface area contributed by atoms with Gasteiger partial charge in [0.25, 0.3) is 0 Å². The zero-order chi connectivity index (χ0) is 12.8. The van der Waals surface area contributed by atoms with E-state index in [1.165, 1.54) is 49.7 Å². The Morgan fingerprint density at radius 3 is 3.17 bits per heavy atom. The Hall–Kier alpha value is -0.450. The van der Waals surface area contributed by atoms with E-state index in [2.05, 4.69) is 34.4 Å². The third-order valence-corrected chi connectivity index (χ3v) is 4.40. The van der Waals surface area contributed by atoms with Gasteiger partial charge in [-0.15, -0.1) is 11.3 Å². The average Bonchev–Trinajstić information content (AvgIpc) is 2.96. The van der Waals surface area contributed by atoms with Crippen LogP contribution in [0.4, 0.5) is 0 Å². The van der Waals surface area contributed by atoms with E-state index in [0.717, 1.165) is 18.9 Å². The highest BCUT2D eigenvalue weighted by atomic mass is 32.1. The van der Waals surface area contributed by atoms with Crippen LogP contribution in [0, 0.1) is 12.8 Å². The summed E-state index contributed by atoms with van der Waals surface area (Å²) in [6.45, 7) is 10.4. The molecule has 0 saturated carbocycles. The molecule has 2 rings (SSSR count). The summed E-state index contributed by atoms with van der Waals surface area (Å²) >= 11 is 1.76. The fourth-order valence-corrected chi connectivity index (χ4v) is 3.21. The number of aryl methyl sites for hydroxylation is 1. The van der Waals surface area contributed by atoms with Gasteiger partial charge >= 0.3 is 0 Å². The molecule has 0 bridgehead atoms. The number of aromatic nitrogens is 1. The van der Waals surface area contributed by atoms with Crippen molar-refractivity contribution in [3.8, 4) is 0 Å². The molecule has 1 atom stereocenters. The summed E-state index contributed by atoms with van der Waals surface area (Å²) in [5.74, 6) is 0.855. The van der Waals surface area contributed by atoms with E-state index in [9.17, 15) is 0 Å². The number of likely N-dealkylation sites (tertiary alicyclic amines) is 1. The third-order valence-electron chi connectivity index (χ3n) is 3.58. The van der Waals surface area contributed by atoms with E-state index in [1.807, 2.05) is 0 Å². The standard InChI is InChI=1S/C14H25N3S/c1-3-6-15-9-13-4-7-17(10-13)8-5-14-11-18-12(2)16-14/h11,13,15H,3-10H2,1-2H3. The molecule has 1 aromatic rings. The Morgan fingerprint density at radius 2 is 2.44 bits per heavy atom. The minimum atomic E-state index is 0.855. The first kappa shape index (κ1) is 14.0. The van der Waals surface area contributed by atoms with Crippen molar-refractivity contribution in [3.63, 3.8) is 0 Å². The molecular weight excluding hydrogens is 242 g/mol. The summed E-state index contributed by atoms with van der Waals surface area (Å²) < 4.78 is 0. The molecular formula is C14H25N3S. The maximum Gasteiger partial charge on any atom is 0.0897 e. The largest absolute Gasteiger partial charge is 0.316 e. The summed E-state index contributed by atoms with van der Waals surface area (Å²) in [4.78, 5) is 7.12. The van der Waals surface area contributed by atoms with Gasteiger partial charge in [-0.2, -0.15) is 0 Å². The predicted octanol–water partition coefficient (Wildman–Crippen LogP) is 2.32. The van der Waals surface area contributed by atoms with Gasteiger partial charge in [0, 0.05) is 24.9 Å². The second-order valence-corrected chi connectivity index (χ2v) is 6.33. The van der Waals surface area contributed by atoms with Gasteiger partial charge in [-0.05, 0) is 45.3 Å². The van der Waals surface area contributed by atoms with Crippen molar-refractivity contribution >= 4 is 11.3 Å². The van der Waals surface area contributed by atoms with Crippen molar-refractivity contribution in [1.29, 1.82) is 0 Å². The van der Waals surface area contributed by atoms with Crippen molar-refractivity contribution in [2.45, 2.75) is 33.1 Å². The first-order valence-corrected chi connectivity index (χ1v) is 8.00. The normalized spacial score (nSPS) is 20.7. The smallest absolute Gasteiger partial charge is 0.0897 e.